The highest BCUT2D eigenvalue weighted by Gasteiger charge is 2.15. The summed E-state index contributed by atoms with van der Waals surface area (Å²) >= 11 is 1.21. The number of carbonyl (C=O) groups is 2. The molecule has 0 heterocycles. The van der Waals surface area contributed by atoms with Crippen molar-refractivity contribution in [1.29, 1.82) is 0 Å². The fourth-order valence-electron chi connectivity index (χ4n) is 0.630. The van der Waals surface area contributed by atoms with Gasteiger partial charge in [0.1, 0.15) is 5.25 Å². The van der Waals surface area contributed by atoms with Crippen LogP contribution in [0.4, 0.5) is 0 Å². The minimum absolute atomic E-state index is 0.185. The van der Waals surface area contributed by atoms with Crippen LogP contribution in [0.3, 0.4) is 0 Å². The molecule has 0 saturated carbocycles. The largest absolute Gasteiger partial charge is 0.468 e. The highest BCUT2D eigenvalue weighted by Crippen LogP contribution is 2.11. The van der Waals surface area contributed by atoms with Crippen molar-refractivity contribution in [2.75, 3.05) is 19.5 Å². The van der Waals surface area contributed by atoms with Crippen molar-refractivity contribution in [2.24, 2.45) is 0 Å². The van der Waals surface area contributed by atoms with Crippen molar-refractivity contribution in [3.05, 3.63) is 0 Å². The Morgan fingerprint density at radius 1 is 1.46 bits per heavy atom. The van der Waals surface area contributed by atoms with Crippen molar-refractivity contribution in [1.82, 2.24) is 0 Å². The maximum Gasteiger partial charge on any atom is 0.318 e. The number of carbonyl (C=O) groups excluding carboxylic acids is 2. The van der Waals surface area contributed by atoms with Crippen molar-refractivity contribution < 1.29 is 19.1 Å². The third kappa shape index (κ3) is 5.52. The molecule has 0 spiro atoms. The number of rotatable bonds is 5. The van der Waals surface area contributed by atoms with E-state index in [-0.39, 0.29) is 22.9 Å². The van der Waals surface area contributed by atoms with Gasteiger partial charge in [-0.05, 0) is 13.8 Å². The molecule has 0 aliphatic heterocycles. The van der Waals surface area contributed by atoms with E-state index in [0.717, 1.165) is 0 Å². The summed E-state index contributed by atoms with van der Waals surface area (Å²) in [6.45, 7) is 3.80. The van der Waals surface area contributed by atoms with E-state index >= 15 is 0 Å². The molecule has 13 heavy (non-hydrogen) atoms. The van der Waals surface area contributed by atoms with Crippen molar-refractivity contribution in [3.8, 4) is 0 Å². The predicted octanol–water partition coefficient (Wildman–Crippen LogP) is 0.844. The highest BCUT2D eigenvalue weighted by molar-refractivity contribution is 8.01. The number of methoxy groups -OCH3 is 1. The summed E-state index contributed by atoms with van der Waals surface area (Å²) in [5, 5.41) is -0.325. The smallest absolute Gasteiger partial charge is 0.318 e. The quantitative estimate of drug-likeness (QED) is 0.624. The Morgan fingerprint density at radius 2 is 2.08 bits per heavy atom. The van der Waals surface area contributed by atoms with Gasteiger partial charge >= 0.3 is 11.9 Å². The lowest BCUT2D eigenvalue weighted by Crippen LogP contribution is -2.18. The molecule has 0 amide bonds. The molecule has 0 rings (SSSR count). The maximum absolute atomic E-state index is 10.9. The Hall–Kier alpha value is -0.710. The van der Waals surface area contributed by atoms with E-state index in [1.54, 1.807) is 13.8 Å². The molecule has 0 aliphatic rings. The van der Waals surface area contributed by atoms with Crippen molar-refractivity contribution in [3.63, 3.8) is 0 Å². The zero-order chi connectivity index (χ0) is 10.3. The SMILES string of the molecule is CCOC(=O)CSC(C)C(=O)OC. The molecule has 0 bridgehead atoms. The third-order valence-corrected chi connectivity index (χ3v) is 2.38. The Bertz CT molecular complexity index is 181. The number of esters is 2. The molecular formula is C8H14O4S. The van der Waals surface area contributed by atoms with Gasteiger partial charge in [0.15, 0.2) is 0 Å². The second kappa shape index (κ2) is 6.77. The van der Waals surface area contributed by atoms with Crippen LogP contribution in [0, 0.1) is 0 Å². The van der Waals surface area contributed by atoms with Crippen LogP contribution in [-0.2, 0) is 19.1 Å². The summed E-state index contributed by atoms with van der Waals surface area (Å²) in [4.78, 5) is 21.8. The summed E-state index contributed by atoms with van der Waals surface area (Å²) in [6.07, 6.45) is 0. The summed E-state index contributed by atoms with van der Waals surface area (Å²) in [5.74, 6) is -0.443. The van der Waals surface area contributed by atoms with Crippen LogP contribution in [-0.4, -0.2) is 36.7 Å². The summed E-state index contributed by atoms with van der Waals surface area (Å²) in [5.41, 5.74) is 0. The molecule has 4 nitrogen and oxygen atoms in total. The van der Waals surface area contributed by atoms with Crippen molar-refractivity contribution >= 4 is 23.7 Å². The van der Waals surface area contributed by atoms with Gasteiger partial charge in [0.2, 0.25) is 0 Å². The first kappa shape index (κ1) is 12.3. The van der Waals surface area contributed by atoms with E-state index in [1.807, 2.05) is 0 Å². The molecule has 0 aliphatic carbocycles. The van der Waals surface area contributed by atoms with Gasteiger partial charge < -0.3 is 9.47 Å². The molecule has 0 radical (unpaired) electrons. The summed E-state index contributed by atoms with van der Waals surface area (Å²) in [7, 11) is 1.32. The number of hydrogen-bond donors (Lipinski definition) is 0. The first-order chi connectivity index (χ1) is 6.11. The molecular weight excluding hydrogens is 192 g/mol. The van der Waals surface area contributed by atoms with E-state index in [4.69, 9.17) is 4.74 Å². The summed E-state index contributed by atoms with van der Waals surface area (Å²) in [6, 6.07) is 0. The number of thioether (sulfide) groups is 1. The fourth-order valence-corrected chi connectivity index (χ4v) is 1.33. The van der Waals surface area contributed by atoms with Gasteiger partial charge in [-0.25, -0.2) is 0 Å². The van der Waals surface area contributed by atoms with Gasteiger partial charge in [-0.1, -0.05) is 0 Å². The van der Waals surface area contributed by atoms with Crippen LogP contribution in [0.2, 0.25) is 0 Å². The van der Waals surface area contributed by atoms with Crippen LogP contribution in [0.15, 0.2) is 0 Å². The molecule has 1 atom stereocenters. The van der Waals surface area contributed by atoms with Gasteiger partial charge in [-0.2, -0.15) is 0 Å². The molecule has 1 unspecified atom stereocenters. The first-order valence-corrected chi connectivity index (χ1v) is 5.01. The molecule has 0 N–H and O–H groups in total. The van der Waals surface area contributed by atoms with Crippen LogP contribution in [0.5, 0.6) is 0 Å². The minimum atomic E-state index is -0.325. The molecule has 0 fully saturated rings. The van der Waals surface area contributed by atoms with Crippen LogP contribution in [0.1, 0.15) is 13.8 Å². The lowest BCUT2D eigenvalue weighted by atomic mass is 10.5. The Morgan fingerprint density at radius 3 is 2.54 bits per heavy atom. The molecule has 5 heteroatoms. The van der Waals surface area contributed by atoms with Gasteiger partial charge in [-0.15, -0.1) is 11.8 Å². The van der Waals surface area contributed by atoms with Gasteiger partial charge in [0, 0.05) is 0 Å². The Balaban J connectivity index is 3.63. The normalized spacial score (nSPS) is 11.9. The number of ether oxygens (including phenoxy) is 2. The molecule has 0 aromatic carbocycles. The third-order valence-electron chi connectivity index (χ3n) is 1.29. The lowest BCUT2D eigenvalue weighted by Gasteiger charge is -2.07. The van der Waals surface area contributed by atoms with E-state index in [2.05, 4.69) is 4.74 Å². The lowest BCUT2D eigenvalue weighted by molar-refractivity contribution is -0.140. The topological polar surface area (TPSA) is 52.6 Å². The monoisotopic (exact) mass is 206 g/mol. The minimum Gasteiger partial charge on any atom is -0.468 e. The van der Waals surface area contributed by atoms with E-state index in [9.17, 15) is 9.59 Å². The van der Waals surface area contributed by atoms with Gasteiger partial charge in [0.05, 0.1) is 19.5 Å². The second-order valence-electron chi connectivity index (χ2n) is 2.28. The zero-order valence-corrected chi connectivity index (χ0v) is 8.85. The average molecular weight is 206 g/mol. The first-order valence-electron chi connectivity index (χ1n) is 3.96. The predicted molar refractivity (Wildman–Crippen MR) is 50.6 cm³/mol. The van der Waals surface area contributed by atoms with Crippen LogP contribution >= 0.6 is 11.8 Å². The van der Waals surface area contributed by atoms with E-state index < -0.39 is 0 Å². The van der Waals surface area contributed by atoms with E-state index in [1.165, 1.54) is 18.9 Å². The van der Waals surface area contributed by atoms with E-state index in [0.29, 0.717) is 6.61 Å². The standard InChI is InChI=1S/C8H14O4S/c1-4-12-7(9)5-13-6(2)8(10)11-3/h6H,4-5H2,1-3H3. The second-order valence-corrected chi connectivity index (χ2v) is 3.61. The average Bonchev–Trinajstić information content (AvgIpc) is 2.13. The molecule has 0 aromatic heterocycles. The van der Waals surface area contributed by atoms with Crippen LogP contribution in [0.25, 0.3) is 0 Å². The Kier molecular flexibility index (Phi) is 6.40. The molecule has 76 valence electrons. The molecule has 0 saturated heterocycles. The van der Waals surface area contributed by atoms with Gasteiger partial charge in [0.25, 0.3) is 0 Å². The maximum atomic E-state index is 10.9. The highest BCUT2D eigenvalue weighted by atomic mass is 32.2. The van der Waals surface area contributed by atoms with Crippen molar-refractivity contribution in [2.45, 2.75) is 19.1 Å². The fraction of sp³-hybridized carbons (Fsp3) is 0.750. The summed E-state index contributed by atoms with van der Waals surface area (Å²) < 4.78 is 9.19. The Labute approximate surface area is 82.0 Å². The van der Waals surface area contributed by atoms with Crippen LogP contribution < -0.4 is 0 Å². The molecule has 0 aromatic rings. The number of hydrogen-bond acceptors (Lipinski definition) is 5. The zero-order valence-electron chi connectivity index (χ0n) is 8.03. The van der Waals surface area contributed by atoms with Gasteiger partial charge in [-0.3, -0.25) is 9.59 Å².